The number of hydrogen-bond acceptors (Lipinski definition) is 5. The van der Waals surface area contributed by atoms with Crippen molar-refractivity contribution in [3.05, 3.63) is 60.7 Å². The van der Waals surface area contributed by atoms with Crippen molar-refractivity contribution in [1.29, 1.82) is 5.26 Å². The first-order valence-corrected chi connectivity index (χ1v) is 9.12. The second-order valence-corrected chi connectivity index (χ2v) is 6.06. The number of aliphatic imine (C=N–C) groups is 1. The third-order valence-corrected chi connectivity index (χ3v) is 4.15. The lowest BCUT2D eigenvalue weighted by Gasteiger charge is -2.27. The Morgan fingerprint density at radius 1 is 1.11 bits per heavy atom. The summed E-state index contributed by atoms with van der Waals surface area (Å²) in [6.45, 7) is 1.66. The third kappa shape index (κ3) is 5.81. The molecule has 0 aromatic heterocycles. The number of amidine groups is 1. The molecule has 1 saturated heterocycles. The first-order chi connectivity index (χ1) is 13.4. The Labute approximate surface area is 159 Å². The van der Waals surface area contributed by atoms with Crippen molar-refractivity contribution in [2.45, 2.75) is 25.6 Å². The molecule has 1 aliphatic heterocycles. The minimum atomic E-state index is -0.164. The van der Waals surface area contributed by atoms with Gasteiger partial charge in [0.2, 0.25) is 6.19 Å². The van der Waals surface area contributed by atoms with E-state index >= 15 is 0 Å². The molecule has 1 atom stereocenters. The second kappa shape index (κ2) is 10.3. The summed E-state index contributed by atoms with van der Waals surface area (Å²) >= 11 is 0. The van der Waals surface area contributed by atoms with Crippen molar-refractivity contribution >= 4 is 11.7 Å². The van der Waals surface area contributed by atoms with E-state index in [2.05, 4.69) is 4.99 Å². The van der Waals surface area contributed by atoms with Crippen LogP contribution in [0.25, 0.3) is 0 Å². The Morgan fingerprint density at radius 3 is 2.52 bits per heavy atom. The molecule has 1 heterocycles. The number of para-hydroxylation sites is 2. The minimum Gasteiger partial charge on any atom is -0.425 e. The number of hydrogen-bond donors (Lipinski definition) is 0. The predicted octanol–water partition coefficient (Wildman–Crippen LogP) is 3.95. The van der Waals surface area contributed by atoms with Crippen LogP contribution in [-0.4, -0.2) is 32.1 Å². The molecule has 0 amide bonds. The zero-order valence-corrected chi connectivity index (χ0v) is 15.2. The Balaban J connectivity index is 1.73. The van der Waals surface area contributed by atoms with E-state index in [0.717, 1.165) is 31.6 Å². The number of benzene rings is 2. The zero-order chi connectivity index (χ0) is 18.7. The first-order valence-electron chi connectivity index (χ1n) is 9.12. The fourth-order valence-corrected chi connectivity index (χ4v) is 2.84. The van der Waals surface area contributed by atoms with Crippen LogP contribution in [0.5, 0.6) is 5.75 Å². The summed E-state index contributed by atoms with van der Waals surface area (Å²) in [7, 11) is 0. The number of rotatable bonds is 6. The summed E-state index contributed by atoms with van der Waals surface area (Å²) in [6, 6.07) is 19.2. The number of ether oxygens (including phenoxy) is 3. The summed E-state index contributed by atoms with van der Waals surface area (Å²) < 4.78 is 17.4. The number of nitriles is 1. The summed E-state index contributed by atoms with van der Waals surface area (Å²) in [5, 5.41) is 9.14. The maximum absolute atomic E-state index is 9.14. The fourth-order valence-electron chi connectivity index (χ4n) is 2.84. The molecule has 1 aliphatic rings. The van der Waals surface area contributed by atoms with Gasteiger partial charge in [-0.15, -0.1) is 4.99 Å². The van der Waals surface area contributed by atoms with Gasteiger partial charge in [0.15, 0.2) is 6.29 Å². The highest BCUT2D eigenvalue weighted by molar-refractivity contribution is 5.93. The molecule has 2 aromatic rings. The van der Waals surface area contributed by atoms with Gasteiger partial charge < -0.3 is 14.2 Å². The van der Waals surface area contributed by atoms with Crippen molar-refractivity contribution < 1.29 is 14.2 Å². The van der Waals surface area contributed by atoms with Gasteiger partial charge in [-0.05, 0) is 43.5 Å². The topological polar surface area (TPSA) is 67.1 Å². The molecule has 1 fully saturated rings. The van der Waals surface area contributed by atoms with Crippen molar-refractivity contribution in [3.8, 4) is 11.9 Å². The Morgan fingerprint density at radius 2 is 1.85 bits per heavy atom. The van der Waals surface area contributed by atoms with Crippen LogP contribution in [0.3, 0.4) is 0 Å². The fraction of sp³-hybridized carbons (Fsp3) is 0.333. The molecule has 1 unspecified atom stereocenters. The van der Waals surface area contributed by atoms with E-state index in [-0.39, 0.29) is 12.3 Å². The van der Waals surface area contributed by atoms with Crippen LogP contribution < -0.4 is 9.64 Å². The van der Waals surface area contributed by atoms with E-state index in [4.69, 9.17) is 19.5 Å². The molecule has 0 radical (unpaired) electrons. The van der Waals surface area contributed by atoms with Crippen molar-refractivity contribution in [1.82, 2.24) is 0 Å². The Bertz CT molecular complexity index is 753. The van der Waals surface area contributed by atoms with E-state index in [1.54, 1.807) is 0 Å². The van der Waals surface area contributed by atoms with E-state index in [1.165, 1.54) is 0 Å². The summed E-state index contributed by atoms with van der Waals surface area (Å²) in [4.78, 5) is 5.73. The lowest BCUT2D eigenvalue weighted by molar-refractivity contribution is -0.160. The highest BCUT2D eigenvalue weighted by Gasteiger charge is 2.19. The maximum atomic E-state index is 9.14. The van der Waals surface area contributed by atoms with Crippen molar-refractivity contribution in [3.63, 3.8) is 0 Å². The largest absolute Gasteiger partial charge is 0.425 e. The quantitative estimate of drug-likeness (QED) is 0.440. The highest BCUT2D eigenvalue weighted by atomic mass is 16.7. The van der Waals surface area contributed by atoms with Crippen LogP contribution in [-0.2, 0) is 9.47 Å². The van der Waals surface area contributed by atoms with Gasteiger partial charge in [0.1, 0.15) is 5.75 Å². The molecule has 2 aromatic carbocycles. The van der Waals surface area contributed by atoms with Crippen LogP contribution in [0.2, 0.25) is 0 Å². The van der Waals surface area contributed by atoms with Gasteiger partial charge in [0.05, 0.1) is 13.2 Å². The SMILES string of the molecule is N#C/N=C(\Oc1ccccc1)N(CCOC1CCCCO1)c1ccccc1. The van der Waals surface area contributed by atoms with E-state index in [0.29, 0.717) is 18.9 Å². The zero-order valence-electron chi connectivity index (χ0n) is 15.2. The van der Waals surface area contributed by atoms with Crippen LogP contribution >= 0.6 is 0 Å². The van der Waals surface area contributed by atoms with Gasteiger partial charge in [-0.2, -0.15) is 5.26 Å². The van der Waals surface area contributed by atoms with Crippen molar-refractivity contribution in [2.24, 2.45) is 4.99 Å². The molecule has 6 heteroatoms. The van der Waals surface area contributed by atoms with Gasteiger partial charge in [-0.3, -0.25) is 4.90 Å². The standard InChI is InChI=1S/C21H23N3O3/c22-17-23-21(27-19-11-5-2-6-12-19)24(18-9-3-1-4-10-18)14-16-26-20-13-7-8-15-25-20/h1-6,9-12,20H,7-8,13-16H2/b23-21-. The molecule has 27 heavy (non-hydrogen) atoms. The molecule has 140 valence electrons. The molecule has 6 nitrogen and oxygen atoms in total. The monoisotopic (exact) mass is 365 g/mol. The average Bonchev–Trinajstić information content (AvgIpc) is 2.73. The highest BCUT2D eigenvalue weighted by Crippen LogP contribution is 2.18. The van der Waals surface area contributed by atoms with Crippen LogP contribution in [0, 0.1) is 11.5 Å². The Kier molecular flexibility index (Phi) is 7.22. The predicted molar refractivity (Wildman–Crippen MR) is 103 cm³/mol. The van der Waals surface area contributed by atoms with Gasteiger partial charge in [0, 0.05) is 12.3 Å². The molecule has 0 N–H and O–H groups in total. The van der Waals surface area contributed by atoms with Crippen LogP contribution in [0.15, 0.2) is 65.7 Å². The van der Waals surface area contributed by atoms with E-state index < -0.39 is 0 Å². The third-order valence-electron chi connectivity index (χ3n) is 4.15. The molecule has 0 saturated carbocycles. The summed E-state index contributed by atoms with van der Waals surface area (Å²) in [5.41, 5.74) is 0.871. The van der Waals surface area contributed by atoms with Gasteiger partial charge in [-0.25, -0.2) is 0 Å². The lowest BCUT2D eigenvalue weighted by atomic mass is 10.2. The second-order valence-electron chi connectivity index (χ2n) is 6.06. The number of anilines is 1. The van der Waals surface area contributed by atoms with Gasteiger partial charge in [0.25, 0.3) is 0 Å². The van der Waals surface area contributed by atoms with Crippen molar-refractivity contribution in [2.75, 3.05) is 24.7 Å². The smallest absolute Gasteiger partial charge is 0.313 e. The maximum Gasteiger partial charge on any atom is 0.313 e. The van der Waals surface area contributed by atoms with E-state index in [9.17, 15) is 0 Å². The first kappa shape index (κ1) is 18.9. The minimum absolute atomic E-state index is 0.164. The Hall–Kier alpha value is -2.88. The summed E-state index contributed by atoms with van der Waals surface area (Å²) in [6.07, 6.45) is 4.78. The van der Waals surface area contributed by atoms with Crippen LogP contribution in [0.4, 0.5) is 5.69 Å². The molecular formula is C21H23N3O3. The molecule has 0 spiro atoms. The van der Waals surface area contributed by atoms with Crippen LogP contribution in [0.1, 0.15) is 19.3 Å². The molecule has 0 bridgehead atoms. The van der Waals surface area contributed by atoms with E-state index in [1.807, 2.05) is 71.8 Å². The lowest BCUT2D eigenvalue weighted by Crippen LogP contribution is -2.38. The van der Waals surface area contributed by atoms with Gasteiger partial charge >= 0.3 is 6.02 Å². The normalized spacial score (nSPS) is 17.1. The number of nitrogens with zero attached hydrogens (tertiary/aromatic N) is 3. The average molecular weight is 365 g/mol. The molecule has 3 rings (SSSR count). The summed E-state index contributed by atoms with van der Waals surface area (Å²) in [5.74, 6) is 0.615. The van der Waals surface area contributed by atoms with Gasteiger partial charge in [-0.1, -0.05) is 36.4 Å². The molecular weight excluding hydrogens is 342 g/mol. The molecule has 0 aliphatic carbocycles.